The van der Waals surface area contributed by atoms with Gasteiger partial charge >= 0.3 is 0 Å². The zero-order chi connectivity index (χ0) is 17.8. The van der Waals surface area contributed by atoms with Crippen molar-refractivity contribution in [1.29, 1.82) is 0 Å². The van der Waals surface area contributed by atoms with E-state index < -0.39 is 0 Å². The van der Waals surface area contributed by atoms with E-state index in [-0.39, 0.29) is 5.91 Å². The monoisotopic (exact) mass is 373 g/mol. The molecule has 0 aromatic heterocycles. The van der Waals surface area contributed by atoms with Gasteiger partial charge in [-0.15, -0.1) is 0 Å². The minimum Gasteiger partial charge on any atom is -0.358 e. The van der Waals surface area contributed by atoms with Crippen molar-refractivity contribution in [3.63, 3.8) is 0 Å². The highest BCUT2D eigenvalue weighted by atomic mass is 35.5. The number of aryl methyl sites for hydroxylation is 1. The molecule has 0 spiro atoms. The average Bonchev–Trinajstić information content (AvgIpc) is 3.03. The summed E-state index contributed by atoms with van der Waals surface area (Å²) in [5, 5.41) is 7.55. The van der Waals surface area contributed by atoms with Gasteiger partial charge in [-0.2, -0.15) is 0 Å². The van der Waals surface area contributed by atoms with E-state index in [1.165, 1.54) is 0 Å². The van der Waals surface area contributed by atoms with Crippen LogP contribution in [0.15, 0.2) is 42.5 Å². The summed E-state index contributed by atoms with van der Waals surface area (Å²) in [5.41, 5.74) is 3.90. The van der Waals surface area contributed by atoms with E-state index in [1.807, 2.05) is 54.3 Å². The van der Waals surface area contributed by atoms with Gasteiger partial charge in [-0.05, 0) is 61.0 Å². The minimum absolute atomic E-state index is 0.193. The maximum Gasteiger partial charge on any atom is 0.227 e. The van der Waals surface area contributed by atoms with Crippen molar-refractivity contribution in [3.8, 4) is 0 Å². The average molecular weight is 374 g/mol. The van der Waals surface area contributed by atoms with E-state index in [4.69, 9.17) is 23.8 Å². The van der Waals surface area contributed by atoms with Crippen LogP contribution in [0.2, 0.25) is 5.02 Å². The van der Waals surface area contributed by atoms with E-state index >= 15 is 0 Å². The predicted molar refractivity (Wildman–Crippen MR) is 107 cm³/mol. The van der Waals surface area contributed by atoms with Crippen LogP contribution in [0.25, 0.3) is 0 Å². The van der Waals surface area contributed by atoms with Gasteiger partial charge in [0.25, 0.3) is 0 Å². The molecular formula is C19H20ClN3OS. The van der Waals surface area contributed by atoms with Crippen molar-refractivity contribution in [2.24, 2.45) is 0 Å². The van der Waals surface area contributed by atoms with Crippen LogP contribution in [0, 0.1) is 6.92 Å². The molecule has 1 amide bonds. The van der Waals surface area contributed by atoms with Crippen molar-refractivity contribution in [1.82, 2.24) is 5.32 Å². The van der Waals surface area contributed by atoms with Crippen LogP contribution in [-0.4, -0.2) is 17.6 Å². The van der Waals surface area contributed by atoms with Crippen LogP contribution in [0.5, 0.6) is 0 Å². The fraction of sp³-hybridized carbons (Fsp3) is 0.263. The van der Waals surface area contributed by atoms with Gasteiger partial charge in [-0.1, -0.05) is 29.8 Å². The smallest absolute Gasteiger partial charge is 0.227 e. The number of amides is 1. The van der Waals surface area contributed by atoms with Crippen molar-refractivity contribution in [2.75, 3.05) is 16.8 Å². The lowest BCUT2D eigenvalue weighted by atomic mass is 10.2. The molecule has 0 aliphatic carbocycles. The normalized spacial score (nSPS) is 13.8. The number of anilines is 2. The Morgan fingerprint density at radius 2 is 2.12 bits per heavy atom. The molecule has 0 saturated carbocycles. The van der Waals surface area contributed by atoms with Crippen molar-refractivity contribution >= 4 is 46.2 Å². The molecule has 2 N–H and O–H groups in total. The highest BCUT2D eigenvalue weighted by Gasteiger charge is 2.21. The Hall–Kier alpha value is -2.11. The highest BCUT2D eigenvalue weighted by molar-refractivity contribution is 7.80. The van der Waals surface area contributed by atoms with Gasteiger partial charge in [-0.25, -0.2) is 0 Å². The number of halogens is 1. The standard InChI is InChI=1S/C19H20ClN3OS/c1-13-7-8-15(11-17(13)20)22-19(25)21-12-14-4-2-5-16(10-14)23-9-3-6-18(23)24/h2,4-5,7-8,10-11H,3,6,9,12H2,1H3,(H2,21,22,25). The molecule has 4 nitrogen and oxygen atoms in total. The number of nitrogens with one attached hydrogen (secondary N) is 2. The van der Waals surface area contributed by atoms with Gasteiger partial charge in [-0.3, -0.25) is 4.79 Å². The van der Waals surface area contributed by atoms with Crippen LogP contribution < -0.4 is 15.5 Å². The third-order valence-electron chi connectivity index (χ3n) is 4.18. The number of hydrogen-bond acceptors (Lipinski definition) is 2. The molecule has 0 radical (unpaired) electrons. The largest absolute Gasteiger partial charge is 0.358 e. The third-order valence-corrected chi connectivity index (χ3v) is 4.83. The summed E-state index contributed by atoms with van der Waals surface area (Å²) in [4.78, 5) is 13.7. The van der Waals surface area contributed by atoms with Gasteiger partial charge in [0.05, 0.1) is 0 Å². The Kier molecular flexibility index (Phi) is 5.56. The zero-order valence-corrected chi connectivity index (χ0v) is 15.6. The fourth-order valence-electron chi connectivity index (χ4n) is 2.78. The third kappa shape index (κ3) is 4.50. The van der Waals surface area contributed by atoms with Gasteiger partial charge in [0.15, 0.2) is 5.11 Å². The number of rotatable bonds is 4. The number of carbonyl (C=O) groups is 1. The summed E-state index contributed by atoms with van der Waals surface area (Å²) >= 11 is 11.5. The van der Waals surface area contributed by atoms with Crippen LogP contribution in [0.3, 0.4) is 0 Å². The molecular weight excluding hydrogens is 354 g/mol. The maximum atomic E-state index is 11.9. The lowest BCUT2D eigenvalue weighted by Crippen LogP contribution is -2.28. The first-order chi connectivity index (χ1) is 12.0. The van der Waals surface area contributed by atoms with E-state index in [9.17, 15) is 4.79 Å². The predicted octanol–water partition coefficient (Wildman–Crippen LogP) is 4.26. The van der Waals surface area contributed by atoms with Crippen LogP contribution in [0.1, 0.15) is 24.0 Å². The molecule has 25 heavy (non-hydrogen) atoms. The number of benzene rings is 2. The lowest BCUT2D eigenvalue weighted by Gasteiger charge is -2.17. The van der Waals surface area contributed by atoms with E-state index in [1.54, 1.807) is 0 Å². The molecule has 0 unspecified atom stereocenters. The first-order valence-electron chi connectivity index (χ1n) is 8.23. The van der Waals surface area contributed by atoms with Gasteiger partial charge in [0, 0.05) is 35.9 Å². The molecule has 1 heterocycles. The van der Waals surface area contributed by atoms with Gasteiger partial charge in [0.2, 0.25) is 5.91 Å². The van der Waals surface area contributed by atoms with Crippen LogP contribution in [0.4, 0.5) is 11.4 Å². The zero-order valence-electron chi connectivity index (χ0n) is 14.0. The second kappa shape index (κ2) is 7.85. The van der Waals surface area contributed by atoms with Gasteiger partial charge in [0.1, 0.15) is 0 Å². The van der Waals surface area contributed by atoms with Crippen molar-refractivity contribution < 1.29 is 4.79 Å². The van der Waals surface area contributed by atoms with Crippen LogP contribution >= 0.6 is 23.8 Å². The number of nitrogens with zero attached hydrogens (tertiary/aromatic N) is 1. The molecule has 1 saturated heterocycles. The molecule has 0 atom stereocenters. The Labute approximate surface area is 158 Å². The summed E-state index contributed by atoms with van der Waals surface area (Å²) in [5.74, 6) is 0.193. The summed E-state index contributed by atoms with van der Waals surface area (Å²) in [6.45, 7) is 3.34. The van der Waals surface area contributed by atoms with E-state index in [0.717, 1.165) is 35.5 Å². The lowest BCUT2D eigenvalue weighted by molar-refractivity contribution is -0.117. The number of thiocarbonyl (C=S) groups is 1. The van der Waals surface area contributed by atoms with Crippen molar-refractivity contribution in [3.05, 3.63) is 58.6 Å². The molecule has 1 fully saturated rings. The Morgan fingerprint density at radius 3 is 2.84 bits per heavy atom. The second-order valence-electron chi connectivity index (χ2n) is 6.09. The molecule has 1 aliphatic heterocycles. The molecule has 2 aromatic rings. The Morgan fingerprint density at radius 1 is 1.28 bits per heavy atom. The topological polar surface area (TPSA) is 44.4 Å². The van der Waals surface area contributed by atoms with Gasteiger partial charge < -0.3 is 15.5 Å². The molecule has 2 aromatic carbocycles. The van der Waals surface area contributed by atoms with E-state index in [2.05, 4.69) is 10.6 Å². The molecule has 6 heteroatoms. The van der Waals surface area contributed by atoms with Crippen LogP contribution in [-0.2, 0) is 11.3 Å². The first-order valence-corrected chi connectivity index (χ1v) is 9.02. The minimum atomic E-state index is 0.193. The highest BCUT2D eigenvalue weighted by Crippen LogP contribution is 2.22. The molecule has 0 bridgehead atoms. The Balaban J connectivity index is 1.58. The maximum absolute atomic E-state index is 11.9. The Bertz CT molecular complexity index is 809. The SMILES string of the molecule is Cc1ccc(NC(=S)NCc2cccc(N3CCCC3=O)c2)cc1Cl. The molecule has 3 rings (SSSR count). The second-order valence-corrected chi connectivity index (χ2v) is 6.91. The first kappa shape index (κ1) is 17.7. The number of carbonyl (C=O) groups excluding carboxylic acids is 1. The van der Waals surface area contributed by atoms with Crippen molar-refractivity contribution in [2.45, 2.75) is 26.3 Å². The fourth-order valence-corrected chi connectivity index (χ4v) is 3.15. The number of hydrogen-bond donors (Lipinski definition) is 2. The molecule has 130 valence electrons. The summed E-state index contributed by atoms with van der Waals surface area (Å²) < 4.78 is 0. The molecule has 1 aliphatic rings. The summed E-state index contributed by atoms with van der Waals surface area (Å²) in [6.07, 6.45) is 1.56. The quantitative estimate of drug-likeness (QED) is 0.786. The summed E-state index contributed by atoms with van der Waals surface area (Å²) in [7, 11) is 0. The van der Waals surface area contributed by atoms with E-state index in [0.29, 0.717) is 23.1 Å². The summed E-state index contributed by atoms with van der Waals surface area (Å²) in [6, 6.07) is 13.7.